The largest absolute Gasteiger partial charge is 0.464 e. The average molecular weight is 523 g/mol. The van der Waals surface area contributed by atoms with E-state index in [9.17, 15) is 13.6 Å². The first-order valence-corrected chi connectivity index (χ1v) is 13.4. The van der Waals surface area contributed by atoms with E-state index in [1.54, 1.807) is 24.5 Å². The molecule has 0 bridgehead atoms. The maximum Gasteiger partial charge on any atom is 0.273 e. The van der Waals surface area contributed by atoms with Gasteiger partial charge in [0.25, 0.3) is 11.6 Å². The number of aryl methyl sites for hydroxylation is 1. The zero-order valence-electron chi connectivity index (χ0n) is 20.6. The zero-order valence-corrected chi connectivity index (χ0v) is 21.4. The van der Waals surface area contributed by atoms with Crippen LogP contribution in [0.25, 0.3) is 6.08 Å². The smallest absolute Gasteiger partial charge is 0.273 e. The maximum atomic E-state index is 15.5. The van der Waals surface area contributed by atoms with E-state index in [-0.39, 0.29) is 11.7 Å². The molecule has 1 fully saturated rings. The SMILES string of the molecule is Cc1ncc(C=CC(=O)CC2CCC(F)(CCN3CCc4nc(OCC(F)F)sc4CC3)CC2)cn1. The summed E-state index contributed by atoms with van der Waals surface area (Å²) < 4.78 is 45.3. The molecule has 0 radical (unpaired) electrons. The molecule has 1 aliphatic heterocycles. The number of nitrogens with zero attached hydrogens (tertiary/aromatic N) is 4. The van der Waals surface area contributed by atoms with Gasteiger partial charge in [-0.3, -0.25) is 4.79 Å². The average Bonchev–Trinajstić information content (AvgIpc) is 3.15. The molecule has 1 aliphatic carbocycles. The highest BCUT2D eigenvalue weighted by atomic mass is 32.1. The lowest BCUT2D eigenvalue weighted by Gasteiger charge is -2.35. The van der Waals surface area contributed by atoms with Gasteiger partial charge < -0.3 is 9.64 Å². The van der Waals surface area contributed by atoms with Gasteiger partial charge in [0, 0.05) is 55.3 Å². The van der Waals surface area contributed by atoms with Crippen LogP contribution in [0.15, 0.2) is 18.5 Å². The molecule has 0 atom stereocenters. The Bertz CT molecular complexity index is 1010. The van der Waals surface area contributed by atoms with E-state index in [4.69, 9.17) is 4.74 Å². The highest BCUT2D eigenvalue weighted by Gasteiger charge is 2.36. The molecule has 0 saturated heterocycles. The van der Waals surface area contributed by atoms with Crippen molar-refractivity contribution in [1.82, 2.24) is 19.9 Å². The van der Waals surface area contributed by atoms with Crippen molar-refractivity contribution < 1.29 is 22.7 Å². The fourth-order valence-electron chi connectivity index (χ4n) is 4.84. The standard InChI is InChI=1S/C26H33F3N4O2S/c1-18-30-15-20(16-31-18)2-3-21(34)14-19-4-8-26(29,9-5-19)10-13-33-11-6-22-23(7-12-33)36-25(32-22)35-17-24(27)28/h2-3,15-16,19,24H,4-14,17H2,1H3. The van der Waals surface area contributed by atoms with Gasteiger partial charge in [-0.05, 0) is 63.5 Å². The van der Waals surface area contributed by atoms with Crippen LogP contribution < -0.4 is 4.74 Å². The summed E-state index contributed by atoms with van der Waals surface area (Å²) in [6, 6.07) is 0. The monoisotopic (exact) mass is 522 g/mol. The Hall–Kier alpha value is -2.33. The number of allylic oxidation sites excluding steroid dienone is 1. The van der Waals surface area contributed by atoms with Gasteiger partial charge in [-0.2, -0.15) is 0 Å². The number of ketones is 1. The number of halogens is 3. The van der Waals surface area contributed by atoms with E-state index >= 15 is 4.39 Å². The van der Waals surface area contributed by atoms with Crippen molar-refractivity contribution in [2.75, 3.05) is 26.2 Å². The molecule has 196 valence electrons. The number of aromatic nitrogens is 3. The summed E-state index contributed by atoms with van der Waals surface area (Å²) in [5.74, 6) is 0.968. The molecule has 10 heteroatoms. The van der Waals surface area contributed by atoms with E-state index in [0.29, 0.717) is 43.2 Å². The first kappa shape index (κ1) is 26.7. The van der Waals surface area contributed by atoms with Crippen LogP contribution in [0.3, 0.4) is 0 Å². The van der Waals surface area contributed by atoms with Gasteiger partial charge in [0.15, 0.2) is 12.4 Å². The molecule has 3 heterocycles. The van der Waals surface area contributed by atoms with Crippen LogP contribution in [0.2, 0.25) is 0 Å². The molecule has 0 unspecified atom stereocenters. The summed E-state index contributed by atoms with van der Waals surface area (Å²) in [5, 5.41) is 0.311. The van der Waals surface area contributed by atoms with Crippen molar-refractivity contribution in [3.63, 3.8) is 0 Å². The van der Waals surface area contributed by atoms with Crippen molar-refractivity contribution in [3.05, 3.63) is 40.4 Å². The van der Waals surface area contributed by atoms with Crippen molar-refractivity contribution in [2.24, 2.45) is 5.92 Å². The summed E-state index contributed by atoms with van der Waals surface area (Å²) in [6.07, 6.45) is 9.05. The molecule has 2 aromatic rings. The minimum atomic E-state index is -2.51. The van der Waals surface area contributed by atoms with E-state index in [1.165, 1.54) is 11.3 Å². The Kier molecular flexibility index (Phi) is 9.11. The number of alkyl halides is 3. The summed E-state index contributed by atoms with van der Waals surface area (Å²) >= 11 is 1.34. The Labute approximate surface area is 214 Å². The van der Waals surface area contributed by atoms with Crippen molar-refractivity contribution >= 4 is 23.2 Å². The Morgan fingerprint density at radius 3 is 2.69 bits per heavy atom. The first-order valence-electron chi connectivity index (χ1n) is 12.6. The number of carbonyl (C=O) groups is 1. The highest BCUT2D eigenvalue weighted by Crippen LogP contribution is 2.39. The summed E-state index contributed by atoms with van der Waals surface area (Å²) in [7, 11) is 0. The second-order valence-corrected chi connectivity index (χ2v) is 10.9. The van der Waals surface area contributed by atoms with Gasteiger partial charge in [-0.1, -0.05) is 11.3 Å². The lowest BCUT2D eigenvalue weighted by atomic mass is 9.76. The van der Waals surface area contributed by atoms with E-state index < -0.39 is 18.7 Å². The number of rotatable bonds is 10. The van der Waals surface area contributed by atoms with E-state index in [0.717, 1.165) is 54.9 Å². The molecule has 2 aromatic heterocycles. The number of thiazole rings is 1. The van der Waals surface area contributed by atoms with Crippen LogP contribution in [0.1, 0.15) is 60.5 Å². The third kappa shape index (κ3) is 7.83. The van der Waals surface area contributed by atoms with Crippen LogP contribution in [-0.4, -0.2) is 64.0 Å². The second-order valence-electron chi connectivity index (χ2n) is 9.81. The van der Waals surface area contributed by atoms with Gasteiger partial charge in [-0.25, -0.2) is 28.1 Å². The molecule has 1 saturated carbocycles. The fraction of sp³-hybridized carbons (Fsp3) is 0.615. The van der Waals surface area contributed by atoms with Gasteiger partial charge in [0.1, 0.15) is 11.5 Å². The molecular formula is C26H33F3N4O2S. The normalized spacial score (nSPS) is 23.1. The third-order valence-electron chi connectivity index (χ3n) is 7.04. The van der Waals surface area contributed by atoms with E-state index in [2.05, 4.69) is 19.9 Å². The van der Waals surface area contributed by atoms with Crippen molar-refractivity contribution in [1.29, 1.82) is 0 Å². The predicted molar refractivity (Wildman–Crippen MR) is 133 cm³/mol. The number of ether oxygens (including phenoxy) is 1. The predicted octanol–water partition coefficient (Wildman–Crippen LogP) is 5.25. The van der Waals surface area contributed by atoms with Crippen LogP contribution in [0.4, 0.5) is 13.2 Å². The molecule has 6 nitrogen and oxygen atoms in total. The summed E-state index contributed by atoms with van der Waals surface area (Å²) in [6.45, 7) is 3.44. The molecule has 0 spiro atoms. The molecule has 0 amide bonds. The molecule has 0 N–H and O–H groups in total. The van der Waals surface area contributed by atoms with Crippen LogP contribution >= 0.6 is 11.3 Å². The molecule has 4 rings (SSSR count). The number of hydrogen-bond acceptors (Lipinski definition) is 7. The van der Waals surface area contributed by atoms with Crippen molar-refractivity contribution in [3.8, 4) is 5.19 Å². The first-order chi connectivity index (χ1) is 17.3. The molecule has 36 heavy (non-hydrogen) atoms. The van der Waals surface area contributed by atoms with Crippen molar-refractivity contribution in [2.45, 2.75) is 70.4 Å². The Morgan fingerprint density at radius 2 is 1.97 bits per heavy atom. The van der Waals surface area contributed by atoms with Gasteiger partial charge >= 0.3 is 0 Å². The highest BCUT2D eigenvalue weighted by molar-refractivity contribution is 7.13. The molecule has 2 aliphatic rings. The van der Waals surface area contributed by atoms with Crippen LogP contribution in [-0.2, 0) is 17.6 Å². The minimum Gasteiger partial charge on any atom is -0.464 e. The van der Waals surface area contributed by atoms with Gasteiger partial charge in [0.05, 0.1) is 5.69 Å². The van der Waals surface area contributed by atoms with Crippen LogP contribution in [0.5, 0.6) is 5.19 Å². The molecular weight excluding hydrogens is 489 g/mol. The lowest BCUT2D eigenvalue weighted by Crippen LogP contribution is -2.36. The maximum absolute atomic E-state index is 15.5. The third-order valence-corrected chi connectivity index (χ3v) is 8.11. The van der Waals surface area contributed by atoms with Gasteiger partial charge in [0.2, 0.25) is 0 Å². The zero-order chi connectivity index (χ0) is 25.5. The number of hydrogen-bond donors (Lipinski definition) is 0. The van der Waals surface area contributed by atoms with E-state index in [1.807, 2.05) is 6.92 Å². The van der Waals surface area contributed by atoms with Gasteiger partial charge in [-0.15, -0.1) is 0 Å². The number of fused-ring (bicyclic) bond motifs is 1. The summed E-state index contributed by atoms with van der Waals surface area (Å²) in [5.41, 5.74) is 0.524. The summed E-state index contributed by atoms with van der Waals surface area (Å²) in [4.78, 5) is 28.3. The minimum absolute atomic E-state index is 0.0559. The molecule has 0 aromatic carbocycles. The Balaban J connectivity index is 1.17. The quantitative estimate of drug-likeness (QED) is 0.397. The lowest BCUT2D eigenvalue weighted by molar-refractivity contribution is -0.115. The van der Waals surface area contributed by atoms with Crippen LogP contribution in [0, 0.1) is 12.8 Å². The fourth-order valence-corrected chi connectivity index (χ4v) is 5.80. The topological polar surface area (TPSA) is 68.2 Å². The Morgan fingerprint density at radius 1 is 1.25 bits per heavy atom. The number of carbonyl (C=O) groups excluding carboxylic acids is 1. The second kappa shape index (κ2) is 12.3.